The van der Waals surface area contributed by atoms with E-state index in [4.69, 9.17) is 0 Å². The highest BCUT2D eigenvalue weighted by molar-refractivity contribution is 5.84. The number of carbonyl (C=O) groups excluding carboxylic acids is 1. The van der Waals surface area contributed by atoms with Gasteiger partial charge in [0.15, 0.2) is 0 Å². The second-order valence-electron chi connectivity index (χ2n) is 5.52. The first-order chi connectivity index (χ1) is 11.3. The molecule has 0 aromatic heterocycles. The molecule has 3 aromatic carbocycles. The zero-order valence-electron chi connectivity index (χ0n) is 13.1. The van der Waals surface area contributed by atoms with E-state index >= 15 is 0 Å². The molecular formula is C20H20N2O. The lowest BCUT2D eigenvalue weighted by atomic mass is 10.0. The van der Waals surface area contributed by atoms with Crippen LogP contribution in [0.5, 0.6) is 0 Å². The fourth-order valence-corrected chi connectivity index (χ4v) is 2.72. The number of hydrogen-bond acceptors (Lipinski definition) is 2. The van der Waals surface area contributed by atoms with Gasteiger partial charge in [-0.3, -0.25) is 10.1 Å². The summed E-state index contributed by atoms with van der Waals surface area (Å²) in [4.78, 5) is 12.2. The van der Waals surface area contributed by atoms with E-state index in [1.165, 1.54) is 10.8 Å². The maximum atomic E-state index is 12.2. The van der Waals surface area contributed by atoms with Gasteiger partial charge in [-0.05, 0) is 28.0 Å². The summed E-state index contributed by atoms with van der Waals surface area (Å²) >= 11 is 0. The van der Waals surface area contributed by atoms with Crippen molar-refractivity contribution in [3.8, 4) is 0 Å². The van der Waals surface area contributed by atoms with E-state index < -0.39 is 0 Å². The molecule has 0 radical (unpaired) electrons. The van der Waals surface area contributed by atoms with Crippen LogP contribution in [0.25, 0.3) is 10.8 Å². The minimum atomic E-state index is -0.354. The summed E-state index contributed by atoms with van der Waals surface area (Å²) < 4.78 is 0. The third-order valence-electron chi connectivity index (χ3n) is 3.97. The summed E-state index contributed by atoms with van der Waals surface area (Å²) in [5.74, 6) is -0.0306. The van der Waals surface area contributed by atoms with E-state index in [0.717, 1.165) is 11.1 Å². The second-order valence-corrected chi connectivity index (χ2v) is 5.52. The molecule has 0 saturated carbocycles. The van der Waals surface area contributed by atoms with Crippen LogP contribution in [0.2, 0.25) is 0 Å². The van der Waals surface area contributed by atoms with Crippen LogP contribution in [0.15, 0.2) is 72.8 Å². The third-order valence-corrected chi connectivity index (χ3v) is 3.97. The van der Waals surface area contributed by atoms with Gasteiger partial charge in [0.25, 0.3) is 0 Å². The Morgan fingerprint density at radius 2 is 1.61 bits per heavy atom. The number of benzene rings is 3. The third kappa shape index (κ3) is 3.58. The van der Waals surface area contributed by atoms with E-state index in [9.17, 15) is 4.79 Å². The molecule has 1 unspecified atom stereocenters. The average molecular weight is 304 g/mol. The van der Waals surface area contributed by atoms with Gasteiger partial charge >= 0.3 is 0 Å². The van der Waals surface area contributed by atoms with E-state index in [0.29, 0.717) is 6.54 Å². The fraction of sp³-hybridized carbons (Fsp3) is 0.150. The van der Waals surface area contributed by atoms with Gasteiger partial charge in [-0.1, -0.05) is 66.7 Å². The van der Waals surface area contributed by atoms with Crippen molar-refractivity contribution in [2.24, 2.45) is 0 Å². The van der Waals surface area contributed by atoms with Crippen LogP contribution in [-0.4, -0.2) is 13.0 Å². The van der Waals surface area contributed by atoms with Crippen molar-refractivity contribution in [3.05, 3.63) is 83.9 Å². The van der Waals surface area contributed by atoms with Gasteiger partial charge in [0.1, 0.15) is 6.04 Å². The van der Waals surface area contributed by atoms with Crippen molar-refractivity contribution in [3.63, 3.8) is 0 Å². The molecule has 1 amide bonds. The van der Waals surface area contributed by atoms with Gasteiger partial charge in [-0.15, -0.1) is 0 Å². The normalized spacial score (nSPS) is 12.0. The van der Waals surface area contributed by atoms with Gasteiger partial charge in [-0.2, -0.15) is 0 Å². The number of fused-ring (bicyclic) bond motifs is 1. The smallest absolute Gasteiger partial charge is 0.241 e. The molecule has 0 saturated heterocycles. The Balaban J connectivity index is 1.78. The fourth-order valence-electron chi connectivity index (χ4n) is 2.72. The van der Waals surface area contributed by atoms with Crippen molar-refractivity contribution >= 4 is 16.7 Å². The van der Waals surface area contributed by atoms with Crippen LogP contribution in [0.3, 0.4) is 0 Å². The molecule has 1 atom stereocenters. The molecule has 0 spiro atoms. The first-order valence-corrected chi connectivity index (χ1v) is 7.75. The molecule has 0 aliphatic rings. The second kappa shape index (κ2) is 7.07. The van der Waals surface area contributed by atoms with E-state index in [2.05, 4.69) is 41.0 Å². The van der Waals surface area contributed by atoms with E-state index in [1.807, 2.05) is 42.5 Å². The molecule has 23 heavy (non-hydrogen) atoms. The Morgan fingerprint density at radius 1 is 0.913 bits per heavy atom. The zero-order valence-corrected chi connectivity index (χ0v) is 13.1. The Bertz CT molecular complexity index is 799. The Kier molecular flexibility index (Phi) is 4.69. The van der Waals surface area contributed by atoms with E-state index in [1.54, 1.807) is 7.05 Å². The molecule has 0 heterocycles. The molecular weight excluding hydrogens is 284 g/mol. The molecule has 0 aliphatic heterocycles. The van der Waals surface area contributed by atoms with Gasteiger partial charge in [-0.25, -0.2) is 0 Å². The molecule has 3 nitrogen and oxygen atoms in total. The highest BCUT2D eigenvalue weighted by Crippen LogP contribution is 2.17. The number of hydrogen-bond donors (Lipinski definition) is 2. The number of likely N-dealkylation sites (N-methyl/N-ethyl adjacent to an activating group) is 1. The molecule has 3 heteroatoms. The minimum Gasteiger partial charge on any atom is -0.358 e. The SMILES string of the molecule is CNC(=O)C(NCc1ccc2ccccc2c1)c1ccccc1. The number of nitrogens with one attached hydrogen (secondary N) is 2. The molecule has 3 rings (SSSR count). The Labute approximate surface area is 136 Å². The quantitative estimate of drug-likeness (QED) is 0.758. The van der Waals surface area contributed by atoms with Gasteiger partial charge in [0, 0.05) is 13.6 Å². The predicted molar refractivity (Wildman–Crippen MR) is 94.0 cm³/mol. The molecule has 0 aliphatic carbocycles. The van der Waals surface area contributed by atoms with Gasteiger partial charge < -0.3 is 5.32 Å². The Morgan fingerprint density at radius 3 is 2.35 bits per heavy atom. The lowest BCUT2D eigenvalue weighted by molar-refractivity contribution is -0.122. The molecule has 0 fully saturated rings. The standard InChI is InChI=1S/C20H20N2O/c1-21-20(23)19(17-8-3-2-4-9-17)22-14-15-11-12-16-7-5-6-10-18(16)13-15/h2-13,19,22H,14H2,1H3,(H,21,23). The van der Waals surface area contributed by atoms with Crippen LogP contribution >= 0.6 is 0 Å². The first kappa shape index (κ1) is 15.3. The summed E-state index contributed by atoms with van der Waals surface area (Å²) in [6.45, 7) is 0.637. The highest BCUT2D eigenvalue weighted by atomic mass is 16.2. The topological polar surface area (TPSA) is 41.1 Å². The largest absolute Gasteiger partial charge is 0.358 e. The predicted octanol–water partition coefficient (Wildman–Crippen LogP) is 3.42. The lowest BCUT2D eigenvalue weighted by Gasteiger charge is -2.18. The maximum Gasteiger partial charge on any atom is 0.241 e. The van der Waals surface area contributed by atoms with Crippen molar-refractivity contribution in [2.75, 3.05) is 7.05 Å². The van der Waals surface area contributed by atoms with Crippen molar-refractivity contribution < 1.29 is 4.79 Å². The van der Waals surface area contributed by atoms with Crippen LogP contribution in [0, 0.1) is 0 Å². The van der Waals surface area contributed by atoms with E-state index in [-0.39, 0.29) is 11.9 Å². The minimum absolute atomic E-state index is 0.0306. The molecule has 0 bridgehead atoms. The van der Waals surface area contributed by atoms with Gasteiger partial charge in [0.05, 0.1) is 0 Å². The highest BCUT2D eigenvalue weighted by Gasteiger charge is 2.18. The molecule has 2 N–H and O–H groups in total. The van der Waals surface area contributed by atoms with Gasteiger partial charge in [0.2, 0.25) is 5.91 Å². The van der Waals surface area contributed by atoms with Crippen LogP contribution < -0.4 is 10.6 Å². The Hall–Kier alpha value is -2.65. The number of carbonyl (C=O) groups is 1. The maximum absolute atomic E-state index is 12.2. The van der Waals surface area contributed by atoms with Crippen LogP contribution in [-0.2, 0) is 11.3 Å². The first-order valence-electron chi connectivity index (χ1n) is 7.75. The van der Waals surface area contributed by atoms with Crippen molar-refractivity contribution in [1.29, 1.82) is 0 Å². The van der Waals surface area contributed by atoms with Crippen LogP contribution in [0.1, 0.15) is 17.2 Å². The number of amides is 1. The number of rotatable bonds is 5. The zero-order chi connectivity index (χ0) is 16.1. The van der Waals surface area contributed by atoms with Crippen molar-refractivity contribution in [2.45, 2.75) is 12.6 Å². The summed E-state index contributed by atoms with van der Waals surface area (Å²) in [5.41, 5.74) is 2.13. The summed E-state index contributed by atoms with van der Waals surface area (Å²) in [5, 5.41) is 8.52. The summed E-state index contributed by atoms with van der Waals surface area (Å²) in [6.07, 6.45) is 0. The summed E-state index contributed by atoms with van der Waals surface area (Å²) in [7, 11) is 1.66. The monoisotopic (exact) mass is 304 g/mol. The molecule has 3 aromatic rings. The summed E-state index contributed by atoms with van der Waals surface area (Å²) in [6, 6.07) is 24.1. The lowest BCUT2D eigenvalue weighted by Crippen LogP contribution is -2.35. The van der Waals surface area contributed by atoms with Crippen molar-refractivity contribution in [1.82, 2.24) is 10.6 Å². The molecule has 116 valence electrons. The average Bonchev–Trinajstić information content (AvgIpc) is 2.62. The van der Waals surface area contributed by atoms with Crippen LogP contribution in [0.4, 0.5) is 0 Å².